The Labute approximate surface area is 155 Å². The first-order valence-corrected chi connectivity index (χ1v) is 7.71. The highest BCUT2D eigenvalue weighted by Gasteiger charge is 2.18. The topological polar surface area (TPSA) is 108 Å². The lowest BCUT2D eigenvalue weighted by Crippen LogP contribution is -2.16. The third-order valence-corrected chi connectivity index (χ3v) is 3.66. The van der Waals surface area contributed by atoms with E-state index in [0.29, 0.717) is 0 Å². The van der Waals surface area contributed by atoms with E-state index in [9.17, 15) is 19.2 Å². The third-order valence-electron chi connectivity index (χ3n) is 3.66. The highest BCUT2D eigenvalue weighted by molar-refractivity contribution is 6.09. The summed E-state index contributed by atoms with van der Waals surface area (Å²) in [6.45, 7) is 0. The van der Waals surface area contributed by atoms with Crippen LogP contribution < -0.4 is 5.32 Å². The van der Waals surface area contributed by atoms with Crippen molar-refractivity contribution in [1.82, 2.24) is 0 Å². The predicted octanol–water partition coefficient (Wildman–Crippen LogP) is 2.30. The van der Waals surface area contributed by atoms with E-state index in [0.717, 1.165) is 0 Å². The Bertz CT molecular complexity index is 887. The van der Waals surface area contributed by atoms with Crippen molar-refractivity contribution in [2.75, 3.05) is 26.6 Å². The molecule has 0 heterocycles. The van der Waals surface area contributed by atoms with Crippen molar-refractivity contribution >= 4 is 29.5 Å². The van der Waals surface area contributed by atoms with Crippen LogP contribution in [0.1, 0.15) is 41.4 Å². The van der Waals surface area contributed by atoms with Crippen molar-refractivity contribution in [3.8, 4) is 0 Å². The molecule has 1 N–H and O–H groups in total. The van der Waals surface area contributed by atoms with Crippen molar-refractivity contribution in [1.29, 1.82) is 0 Å². The first-order chi connectivity index (χ1) is 12.9. The standard InChI is InChI=1S/C19H17NO7/c1-25-17(22)12-6-4-11(5-7-12)16(21)20-15-10-13(18(23)26-2)8-9-14(15)19(24)27-3/h4-10H,1-3H3,(H,20,21). The molecule has 0 bridgehead atoms. The number of anilines is 1. The van der Waals surface area contributed by atoms with E-state index in [2.05, 4.69) is 19.5 Å². The van der Waals surface area contributed by atoms with Crippen LogP contribution in [0.2, 0.25) is 0 Å². The van der Waals surface area contributed by atoms with E-state index in [1.54, 1.807) is 0 Å². The number of carbonyl (C=O) groups is 4. The summed E-state index contributed by atoms with van der Waals surface area (Å²) in [7, 11) is 3.68. The lowest BCUT2D eigenvalue weighted by molar-refractivity contribution is 0.0587. The fourth-order valence-corrected chi connectivity index (χ4v) is 2.25. The maximum absolute atomic E-state index is 12.5. The average Bonchev–Trinajstić information content (AvgIpc) is 2.71. The summed E-state index contributed by atoms with van der Waals surface area (Å²) >= 11 is 0. The number of methoxy groups -OCH3 is 3. The quantitative estimate of drug-likeness (QED) is 0.634. The number of nitrogens with one attached hydrogen (secondary N) is 1. The fraction of sp³-hybridized carbons (Fsp3) is 0.158. The van der Waals surface area contributed by atoms with Gasteiger partial charge >= 0.3 is 17.9 Å². The molecule has 0 fully saturated rings. The van der Waals surface area contributed by atoms with Gasteiger partial charge in [0.15, 0.2) is 0 Å². The molecule has 0 aliphatic carbocycles. The number of rotatable bonds is 5. The van der Waals surface area contributed by atoms with Gasteiger partial charge in [0.1, 0.15) is 0 Å². The molecule has 0 spiro atoms. The average molecular weight is 371 g/mol. The smallest absolute Gasteiger partial charge is 0.339 e. The van der Waals surface area contributed by atoms with E-state index in [1.165, 1.54) is 63.8 Å². The van der Waals surface area contributed by atoms with Gasteiger partial charge in [0, 0.05) is 5.56 Å². The van der Waals surface area contributed by atoms with E-state index in [1.807, 2.05) is 0 Å². The summed E-state index contributed by atoms with van der Waals surface area (Å²) in [6.07, 6.45) is 0. The molecule has 2 aromatic rings. The number of amides is 1. The molecule has 0 saturated carbocycles. The van der Waals surface area contributed by atoms with Gasteiger partial charge in [0.25, 0.3) is 5.91 Å². The molecule has 8 heteroatoms. The Balaban J connectivity index is 2.33. The minimum atomic E-state index is -0.678. The number of hydrogen-bond donors (Lipinski definition) is 1. The normalized spacial score (nSPS) is 9.89. The van der Waals surface area contributed by atoms with Crippen LogP contribution in [0.25, 0.3) is 0 Å². The number of ether oxygens (including phenoxy) is 3. The lowest BCUT2D eigenvalue weighted by atomic mass is 10.1. The van der Waals surface area contributed by atoms with Gasteiger partial charge in [0.2, 0.25) is 0 Å². The summed E-state index contributed by atoms with van der Waals surface area (Å²) in [6, 6.07) is 9.80. The Kier molecular flexibility index (Phi) is 6.27. The van der Waals surface area contributed by atoms with Crippen molar-refractivity contribution < 1.29 is 33.4 Å². The zero-order chi connectivity index (χ0) is 20.0. The van der Waals surface area contributed by atoms with E-state index in [4.69, 9.17) is 0 Å². The molecular weight excluding hydrogens is 354 g/mol. The van der Waals surface area contributed by atoms with Crippen LogP contribution in [0.5, 0.6) is 0 Å². The third kappa shape index (κ3) is 4.49. The largest absolute Gasteiger partial charge is 0.465 e. The van der Waals surface area contributed by atoms with Crippen LogP contribution in [0.15, 0.2) is 42.5 Å². The Morgan fingerprint density at radius 3 is 1.70 bits per heavy atom. The first-order valence-electron chi connectivity index (χ1n) is 7.71. The summed E-state index contributed by atoms with van der Waals surface area (Å²) in [5.41, 5.74) is 0.844. The molecule has 0 atom stereocenters. The van der Waals surface area contributed by atoms with Gasteiger partial charge in [-0.1, -0.05) is 0 Å². The molecule has 0 aliphatic heterocycles. The van der Waals surface area contributed by atoms with Crippen LogP contribution in [0.3, 0.4) is 0 Å². The molecule has 2 rings (SSSR count). The first kappa shape index (κ1) is 19.6. The van der Waals surface area contributed by atoms with Crippen LogP contribution in [0.4, 0.5) is 5.69 Å². The molecule has 140 valence electrons. The SMILES string of the molecule is COC(=O)c1ccc(C(=O)Nc2cc(C(=O)OC)ccc2C(=O)OC)cc1. The van der Waals surface area contributed by atoms with Gasteiger partial charge in [-0.25, -0.2) is 14.4 Å². The molecule has 8 nitrogen and oxygen atoms in total. The maximum atomic E-state index is 12.5. The van der Waals surface area contributed by atoms with Crippen molar-refractivity contribution in [2.45, 2.75) is 0 Å². The molecule has 0 saturated heterocycles. The predicted molar refractivity (Wildman–Crippen MR) is 94.9 cm³/mol. The molecule has 27 heavy (non-hydrogen) atoms. The fourth-order valence-electron chi connectivity index (χ4n) is 2.25. The molecule has 0 unspecified atom stereocenters. The molecule has 0 aliphatic rings. The Morgan fingerprint density at radius 1 is 0.667 bits per heavy atom. The Hall–Kier alpha value is -3.68. The zero-order valence-electron chi connectivity index (χ0n) is 14.9. The van der Waals surface area contributed by atoms with E-state index < -0.39 is 23.8 Å². The van der Waals surface area contributed by atoms with Crippen LogP contribution in [-0.2, 0) is 14.2 Å². The van der Waals surface area contributed by atoms with Gasteiger partial charge in [-0.05, 0) is 42.5 Å². The van der Waals surface area contributed by atoms with Gasteiger partial charge in [-0.2, -0.15) is 0 Å². The second-order valence-corrected chi connectivity index (χ2v) is 5.27. The molecule has 1 amide bonds. The summed E-state index contributed by atoms with van der Waals surface area (Å²) < 4.78 is 13.9. The molecular formula is C19H17NO7. The van der Waals surface area contributed by atoms with Crippen molar-refractivity contribution in [2.24, 2.45) is 0 Å². The number of esters is 3. The highest BCUT2D eigenvalue weighted by Crippen LogP contribution is 2.21. The number of benzene rings is 2. The summed E-state index contributed by atoms with van der Waals surface area (Å²) in [4.78, 5) is 47.6. The van der Waals surface area contributed by atoms with Gasteiger partial charge in [0.05, 0.1) is 43.7 Å². The number of carbonyl (C=O) groups excluding carboxylic acids is 4. The van der Waals surface area contributed by atoms with Gasteiger partial charge in [-0.15, -0.1) is 0 Å². The van der Waals surface area contributed by atoms with E-state index in [-0.39, 0.29) is 27.9 Å². The maximum Gasteiger partial charge on any atom is 0.339 e. The minimum absolute atomic E-state index is 0.0738. The molecule has 0 aromatic heterocycles. The molecule has 0 radical (unpaired) electrons. The van der Waals surface area contributed by atoms with E-state index >= 15 is 0 Å². The number of hydrogen-bond acceptors (Lipinski definition) is 7. The van der Waals surface area contributed by atoms with Crippen LogP contribution >= 0.6 is 0 Å². The molecule has 2 aromatic carbocycles. The van der Waals surface area contributed by atoms with Gasteiger partial charge in [-0.3, -0.25) is 4.79 Å². The van der Waals surface area contributed by atoms with Crippen molar-refractivity contribution in [3.05, 3.63) is 64.7 Å². The summed E-state index contributed by atoms with van der Waals surface area (Å²) in [5.74, 6) is -2.37. The lowest BCUT2D eigenvalue weighted by Gasteiger charge is -2.11. The monoisotopic (exact) mass is 371 g/mol. The second kappa shape index (κ2) is 8.61. The van der Waals surface area contributed by atoms with Gasteiger partial charge < -0.3 is 19.5 Å². The summed E-state index contributed by atoms with van der Waals surface area (Å²) in [5, 5.41) is 2.56. The Morgan fingerprint density at radius 2 is 1.15 bits per heavy atom. The second-order valence-electron chi connectivity index (χ2n) is 5.27. The van der Waals surface area contributed by atoms with Crippen LogP contribution in [-0.4, -0.2) is 45.1 Å². The highest BCUT2D eigenvalue weighted by atomic mass is 16.5. The minimum Gasteiger partial charge on any atom is -0.465 e. The van der Waals surface area contributed by atoms with Crippen molar-refractivity contribution in [3.63, 3.8) is 0 Å². The zero-order valence-corrected chi connectivity index (χ0v) is 14.9. The van der Waals surface area contributed by atoms with Crippen LogP contribution in [0, 0.1) is 0 Å².